The highest BCUT2D eigenvalue weighted by Crippen LogP contribution is 2.28. The topological polar surface area (TPSA) is 52.3 Å². The van der Waals surface area contributed by atoms with Gasteiger partial charge in [-0.25, -0.2) is 0 Å². The number of carbonyl (C=O) groups excluding carboxylic acids is 1. The van der Waals surface area contributed by atoms with Crippen LogP contribution in [0, 0.1) is 0 Å². The zero-order valence-corrected chi connectivity index (χ0v) is 10.4. The number of nitrogens with two attached hydrogens (primary N) is 1. The van der Waals surface area contributed by atoms with Crippen LogP contribution in [0.5, 0.6) is 5.75 Å². The number of hydrogen-bond donors (Lipinski definition) is 1. The molecular weight excluding hydrogens is 233 g/mol. The molecule has 0 saturated heterocycles. The van der Waals surface area contributed by atoms with Gasteiger partial charge in [0.05, 0.1) is 13.8 Å². The summed E-state index contributed by atoms with van der Waals surface area (Å²) in [5.74, 6) is 0.363. The summed E-state index contributed by atoms with van der Waals surface area (Å²) in [5.41, 5.74) is 5.85. The number of benzene rings is 2. The van der Waals surface area contributed by atoms with Crippen molar-refractivity contribution in [3.8, 4) is 5.75 Å². The van der Waals surface area contributed by atoms with Crippen molar-refractivity contribution in [2.24, 2.45) is 5.73 Å². The summed E-state index contributed by atoms with van der Waals surface area (Å²) in [5, 5.41) is 1.75. The van der Waals surface area contributed by atoms with E-state index in [1.807, 2.05) is 31.2 Å². The normalized spacial score (nSPS) is 9.50. The second-order valence-corrected chi connectivity index (χ2v) is 3.45. The van der Waals surface area contributed by atoms with Gasteiger partial charge in [-0.05, 0) is 24.4 Å². The number of primary amides is 1. The van der Waals surface area contributed by atoms with Crippen LogP contribution in [0.25, 0.3) is 10.8 Å². The van der Waals surface area contributed by atoms with E-state index in [9.17, 15) is 9.18 Å². The minimum absolute atomic E-state index is 0.417. The van der Waals surface area contributed by atoms with Gasteiger partial charge in [0.15, 0.2) is 0 Å². The van der Waals surface area contributed by atoms with Crippen molar-refractivity contribution in [2.75, 3.05) is 13.8 Å². The molecule has 2 N–H and O–H groups in total. The van der Waals surface area contributed by atoms with Crippen molar-refractivity contribution in [3.63, 3.8) is 0 Å². The van der Waals surface area contributed by atoms with Crippen LogP contribution >= 0.6 is 0 Å². The van der Waals surface area contributed by atoms with E-state index >= 15 is 0 Å². The first kappa shape index (κ1) is 14.0. The van der Waals surface area contributed by atoms with Gasteiger partial charge in [0.1, 0.15) is 5.75 Å². The molecule has 0 aliphatic heterocycles. The Balaban J connectivity index is 0.000000771. The minimum Gasteiger partial charge on any atom is -0.493 e. The lowest BCUT2D eigenvalue weighted by molar-refractivity contribution is 0.100. The lowest BCUT2D eigenvalue weighted by atomic mass is 10.0. The van der Waals surface area contributed by atoms with E-state index < -0.39 is 5.91 Å². The van der Waals surface area contributed by atoms with Crippen LogP contribution in [0.2, 0.25) is 0 Å². The van der Waals surface area contributed by atoms with Crippen LogP contribution in [0.1, 0.15) is 17.3 Å². The number of fused-ring (bicyclic) bond motifs is 1. The molecule has 0 bridgehead atoms. The Morgan fingerprint density at radius 3 is 2.33 bits per heavy atom. The molecule has 0 unspecified atom stereocenters. The first-order chi connectivity index (χ1) is 8.74. The Morgan fingerprint density at radius 1 is 1.17 bits per heavy atom. The van der Waals surface area contributed by atoms with E-state index in [4.69, 9.17) is 10.5 Å². The highest BCUT2D eigenvalue weighted by atomic mass is 19.1. The molecule has 2 aromatic carbocycles. The molecule has 0 atom stereocenters. The van der Waals surface area contributed by atoms with Crippen molar-refractivity contribution < 1.29 is 13.9 Å². The van der Waals surface area contributed by atoms with E-state index in [1.165, 1.54) is 0 Å². The third kappa shape index (κ3) is 2.77. The second-order valence-electron chi connectivity index (χ2n) is 3.45. The molecule has 2 rings (SSSR count). The van der Waals surface area contributed by atoms with Crippen molar-refractivity contribution in [1.29, 1.82) is 0 Å². The summed E-state index contributed by atoms with van der Waals surface area (Å²) in [6.45, 7) is 2.52. The number of hydrogen-bond acceptors (Lipinski definition) is 2. The Kier molecular flexibility index (Phi) is 5.11. The molecule has 18 heavy (non-hydrogen) atoms. The average Bonchev–Trinajstić information content (AvgIpc) is 2.41. The van der Waals surface area contributed by atoms with Gasteiger partial charge in [0.2, 0.25) is 5.91 Å². The molecule has 0 radical (unpaired) electrons. The maximum Gasteiger partial charge on any atom is 0.249 e. The average molecular weight is 249 g/mol. The number of halogens is 1. The van der Waals surface area contributed by atoms with E-state index in [0.29, 0.717) is 19.3 Å². The molecule has 0 aliphatic carbocycles. The Morgan fingerprint density at radius 2 is 1.78 bits per heavy atom. The predicted octanol–water partition coefficient (Wildman–Crippen LogP) is 2.92. The predicted molar refractivity (Wildman–Crippen MR) is 70.7 cm³/mol. The van der Waals surface area contributed by atoms with Crippen LogP contribution in [-0.2, 0) is 0 Å². The second kappa shape index (κ2) is 6.59. The maximum absolute atomic E-state index is 11.3. The van der Waals surface area contributed by atoms with Crippen molar-refractivity contribution in [2.45, 2.75) is 6.92 Å². The van der Waals surface area contributed by atoms with Crippen LogP contribution in [-0.4, -0.2) is 19.7 Å². The molecule has 96 valence electrons. The van der Waals surface area contributed by atoms with E-state index in [1.54, 1.807) is 12.1 Å². The molecule has 0 heterocycles. The van der Waals surface area contributed by atoms with E-state index in [2.05, 4.69) is 0 Å². The minimum atomic E-state index is -0.417. The number of alkyl halides is 1. The van der Waals surface area contributed by atoms with Crippen LogP contribution in [0.15, 0.2) is 36.4 Å². The molecule has 0 spiro atoms. The van der Waals surface area contributed by atoms with E-state index in [0.717, 1.165) is 16.5 Å². The standard InChI is InChI=1S/C13H13NO2.CH3F/c1-2-16-12-8-7-11(13(14)15)9-5-3-4-6-10(9)12;1-2/h3-8H,2H2,1H3,(H2,14,15);1H3. The third-order valence-electron chi connectivity index (χ3n) is 2.45. The monoisotopic (exact) mass is 249 g/mol. The Hall–Kier alpha value is -2.10. The van der Waals surface area contributed by atoms with Gasteiger partial charge in [0, 0.05) is 10.9 Å². The van der Waals surface area contributed by atoms with Crippen molar-refractivity contribution in [3.05, 3.63) is 42.0 Å². The maximum atomic E-state index is 11.3. The zero-order valence-electron chi connectivity index (χ0n) is 10.4. The van der Waals surface area contributed by atoms with Gasteiger partial charge < -0.3 is 10.5 Å². The zero-order chi connectivity index (χ0) is 13.5. The van der Waals surface area contributed by atoms with Crippen LogP contribution in [0.3, 0.4) is 0 Å². The van der Waals surface area contributed by atoms with Crippen molar-refractivity contribution >= 4 is 16.7 Å². The number of ether oxygens (including phenoxy) is 1. The smallest absolute Gasteiger partial charge is 0.249 e. The van der Waals surface area contributed by atoms with Crippen LogP contribution < -0.4 is 10.5 Å². The summed E-state index contributed by atoms with van der Waals surface area (Å²) in [6.07, 6.45) is 0. The SMILES string of the molecule is CCOc1ccc(C(N)=O)c2ccccc12.CF. The fourth-order valence-electron chi connectivity index (χ4n) is 1.77. The summed E-state index contributed by atoms with van der Waals surface area (Å²) in [4.78, 5) is 11.3. The van der Waals surface area contributed by atoms with Gasteiger partial charge in [-0.15, -0.1) is 0 Å². The fourth-order valence-corrected chi connectivity index (χ4v) is 1.77. The largest absolute Gasteiger partial charge is 0.493 e. The molecule has 0 aliphatic rings. The number of rotatable bonds is 3. The number of carbonyl (C=O) groups is 1. The van der Waals surface area contributed by atoms with Gasteiger partial charge in [-0.1, -0.05) is 24.3 Å². The Labute approximate surface area is 105 Å². The third-order valence-corrected chi connectivity index (χ3v) is 2.45. The fraction of sp³-hybridized carbons (Fsp3) is 0.214. The van der Waals surface area contributed by atoms with Gasteiger partial charge in [-0.2, -0.15) is 0 Å². The highest BCUT2D eigenvalue weighted by Gasteiger charge is 2.09. The molecule has 3 nitrogen and oxygen atoms in total. The lowest BCUT2D eigenvalue weighted by Crippen LogP contribution is -2.11. The summed E-state index contributed by atoms with van der Waals surface area (Å²) in [7, 11) is 0.500. The molecule has 1 amide bonds. The lowest BCUT2D eigenvalue weighted by Gasteiger charge is -2.09. The van der Waals surface area contributed by atoms with E-state index in [-0.39, 0.29) is 0 Å². The molecule has 0 saturated carbocycles. The molecule has 4 heteroatoms. The summed E-state index contributed by atoms with van der Waals surface area (Å²) >= 11 is 0. The number of amides is 1. The first-order valence-corrected chi connectivity index (χ1v) is 5.56. The first-order valence-electron chi connectivity index (χ1n) is 5.56. The quantitative estimate of drug-likeness (QED) is 0.909. The molecular formula is C14H16FNO2. The summed E-state index contributed by atoms with van der Waals surface area (Å²) in [6, 6.07) is 11.1. The molecule has 0 aromatic heterocycles. The van der Waals surface area contributed by atoms with Crippen LogP contribution in [0.4, 0.5) is 4.39 Å². The van der Waals surface area contributed by atoms with Crippen molar-refractivity contribution in [1.82, 2.24) is 0 Å². The Bertz CT molecular complexity index is 540. The molecule has 0 fully saturated rings. The molecule has 2 aromatic rings. The van der Waals surface area contributed by atoms with Gasteiger partial charge >= 0.3 is 0 Å². The highest BCUT2D eigenvalue weighted by molar-refractivity contribution is 6.07. The van der Waals surface area contributed by atoms with Gasteiger partial charge in [-0.3, -0.25) is 9.18 Å². The summed E-state index contributed by atoms with van der Waals surface area (Å²) < 4.78 is 15.0. The van der Waals surface area contributed by atoms with Gasteiger partial charge in [0.25, 0.3) is 0 Å².